The standard InChI is InChI=1S/C22H21F3N4O4S/c1-14-3-2-4-17(11-14)29(22(30)28-7-9-34(31,32)10-8-28)13-16-6-5-15(12-18(16)23)20-26-27-21(33-20)19(24)25/h2-6,11-12,19H,7-10,13H2,1H3. The highest BCUT2D eigenvalue weighted by atomic mass is 32.2. The van der Waals surface area contributed by atoms with E-state index in [0.717, 1.165) is 11.6 Å². The Kier molecular flexibility index (Phi) is 6.60. The number of benzene rings is 2. The molecule has 34 heavy (non-hydrogen) atoms. The predicted octanol–water partition coefficient (Wildman–Crippen LogP) is 3.98. The molecule has 2 aromatic carbocycles. The minimum Gasteiger partial charge on any atom is -0.415 e. The third-order valence-corrected chi connectivity index (χ3v) is 7.02. The number of carbonyl (C=O) groups is 1. The van der Waals surface area contributed by atoms with Gasteiger partial charge in [-0.2, -0.15) is 8.78 Å². The molecule has 12 heteroatoms. The highest BCUT2D eigenvalue weighted by Crippen LogP contribution is 2.27. The third-order valence-electron chi connectivity index (χ3n) is 5.41. The van der Waals surface area contributed by atoms with Crippen molar-refractivity contribution in [1.82, 2.24) is 15.1 Å². The summed E-state index contributed by atoms with van der Waals surface area (Å²) in [5.41, 5.74) is 1.70. The average molecular weight is 494 g/mol. The van der Waals surface area contributed by atoms with Crippen LogP contribution < -0.4 is 4.90 Å². The molecule has 1 aliphatic rings. The number of sulfone groups is 1. The van der Waals surface area contributed by atoms with Crippen LogP contribution >= 0.6 is 0 Å². The van der Waals surface area contributed by atoms with Crippen LogP contribution in [0.4, 0.5) is 23.7 Å². The van der Waals surface area contributed by atoms with Gasteiger partial charge in [0.1, 0.15) is 5.82 Å². The molecule has 1 saturated heterocycles. The highest BCUT2D eigenvalue weighted by Gasteiger charge is 2.29. The predicted molar refractivity (Wildman–Crippen MR) is 118 cm³/mol. The maximum Gasteiger partial charge on any atom is 0.324 e. The van der Waals surface area contributed by atoms with Crippen LogP contribution in [0.3, 0.4) is 0 Å². The van der Waals surface area contributed by atoms with E-state index < -0.39 is 34.0 Å². The maximum absolute atomic E-state index is 15.0. The minimum absolute atomic E-state index is 0.0501. The van der Waals surface area contributed by atoms with E-state index in [1.165, 1.54) is 21.9 Å². The van der Waals surface area contributed by atoms with Gasteiger partial charge in [0.05, 0.1) is 18.1 Å². The fourth-order valence-electron chi connectivity index (χ4n) is 3.56. The number of aryl methyl sites for hydroxylation is 1. The number of rotatable bonds is 5. The lowest BCUT2D eigenvalue weighted by atomic mass is 10.1. The van der Waals surface area contributed by atoms with Crippen LogP contribution in [0, 0.1) is 12.7 Å². The number of carbonyl (C=O) groups excluding carboxylic acids is 1. The van der Waals surface area contributed by atoms with Gasteiger partial charge >= 0.3 is 12.5 Å². The van der Waals surface area contributed by atoms with Crippen LogP contribution in [0.5, 0.6) is 0 Å². The second-order valence-electron chi connectivity index (χ2n) is 7.90. The van der Waals surface area contributed by atoms with Gasteiger partial charge in [-0.05, 0) is 36.8 Å². The smallest absolute Gasteiger partial charge is 0.324 e. The molecular formula is C22H21F3N4O4S. The molecule has 0 spiro atoms. The summed E-state index contributed by atoms with van der Waals surface area (Å²) >= 11 is 0. The summed E-state index contributed by atoms with van der Waals surface area (Å²) in [6.07, 6.45) is -2.94. The number of hydrogen-bond acceptors (Lipinski definition) is 6. The summed E-state index contributed by atoms with van der Waals surface area (Å²) < 4.78 is 68.8. The van der Waals surface area contributed by atoms with E-state index in [4.69, 9.17) is 4.42 Å². The van der Waals surface area contributed by atoms with Crippen molar-refractivity contribution in [3.8, 4) is 11.5 Å². The molecule has 2 heterocycles. The van der Waals surface area contributed by atoms with E-state index in [9.17, 15) is 26.4 Å². The number of nitrogens with zero attached hydrogens (tertiary/aromatic N) is 4. The summed E-state index contributed by atoms with van der Waals surface area (Å²) in [6.45, 7) is 1.82. The molecule has 0 bridgehead atoms. The molecule has 2 amide bonds. The maximum atomic E-state index is 15.0. The zero-order chi connectivity index (χ0) is 24.5. The molecule has 0 saturated carbocycles. The van der Waals surface area contributed by atoms with Crippen LogP contribution in [0.1, 0.15) is 23.4 Å². The Morgan fingerprint density at radius 2 is 1.88 bits per heavy atom. The molecule has 0 N–H and O–H groups in total. The molecule has 8 nitrogen and oxygen atoms in total. The van der Waals surface area contributed by atoms with Crippen molar-refractivity contribution in [2.45, 2.75) is 19.9 Å². The Morgan fingerprint density at radius 1 is 1.15 bits per heavy atom. The summed E-state index contributed by atoms with van der Waals surface area (Å²) in [6, 6.07) is 10.6. The van der Waals surface area contributed by atoms with Gasteiger partial charge in [0, 0.05) is 29.9 Å². The lowest BCUT2D eigenvalue weighted by Gasteiger charge is -2.33. The van der Waals surface area contributed by atoms with E-state index in [0.29, 0.717) is 5.69 Å². The lowest BCUT2D eigenvalue weighted by Crippen LogP contribution is -2.49. The fraction of sp³-hybridized carbons (Fsp3) is 0.318. The van der Waals surface area contributed by atoms with E-state index in [1.807, 2.05) is 13.0 Å². The largest absolute Gasteiger partial charge is 0.415 e. The van der Waals surface area contributed by atoms with Gasteiger partial charge in [-0.1, -0.05) is 18.2 Å². The van der Waals surface area contributed by atoms with Gasteiger partial charge in [-0.15, -0.1) is 10.2 Å². The number of aromatic nitrogens is 2. The highest BCUT2D eigenvalue weighted by molar-refractivity contribution is 7.91. The monoisotopic (exact) mass is 494 g/mol. The Bertz CT molecular complexity index is 1300. The summed E-state index contributed by atoms with van der Waals surface area (Å²) in [4.78, 5) is 16.1. The summed E-state index contributed by atoms with van der Waals surface area (Å²) in [5.74, 6) is -2.07. The molecule has 1 fully saturated rings. The molecule has 0 atom stereocenters. The Morgan fingerprint density at radius 3 is 2.50 bits per heavy atom. The van der Waals surface area contributed by atoms with E-state index in [2.05, 4.69) is 10.2 Å². The summed E-state index contributed by atoms with van der Waals surface area (Å²) in [5, 5.41) is 6.75. The van der Waals surface area contributed by atoms with Crippen molar-refractivity contribution in [3.05, 3.63) is 65.3 Å². The van der Waals surface area contributed by atoms with Crippen LogP contribution in [0.15, 0.2) is 46.9 Å². The second-order valence-corrected chi connectivity index (χ2v) is 10.2. The Hall–Kier alpha value is -3.41. The van der Waals surface area contributed by atoms with Crippen LogP contribution in [0.2, 0.25) is 0 Å². The van der Waals surface area contributed by atoms with E-state index in [-0.39, 0.29) is 48.2 Å². The van der Waals surface area contributed by atoms with Gasteiger partial charge in [0.25, 0.3) is 5.89 Å². The topological polar surface area (TPSA) is 96.6 Å². The van der Waals surface area contributed by atoms with Gasteiger partial charge in [-0.3, -0.25) is 4.90 Å². The molecule has 1 aliphatic heterocycles. The van der Waals surface area contributed by atoms with Crippen molar-refractivity contribution >= 4 is 21.6 Å². The first-order chi connectivity index (χ1) is 16.1. The number of anilines is 1. The molecule has 0 unspecified atom stereocenters. The Balaban J connectivity index is 1.61. The van der Waals surface area contributed by atoms with E-state index in [1.54, 1.807) is 18.2 Å². The summed E-state index contributed by atoms with van der Waals surface area (Å²) in [7, 11) is -3.19. The molecule has 0 aliphatic carbocycles. The first kappa shape index (κ1) is 23.7. The van der Waals surface area contributed by atoms with Gasteiger partial charge in [0.15, 0.2) is 9.84 Å². The number of urea groups is 1. The zero-order valence-electron chi connectivity index (χ0n) is 18.1. The number of hydrogen-bond donors (Lipinski definition) is 0. The molecule has 3 aromatic rings. The minimum atomic E-state index is -3.19. The molecular weight excluding hydrogens is 473 g/mol. The Labute approximate surface area is 193 Å². The normalized spacial score (nSPS) is 15.5. The first-order valence-electron chi connectivity index (χ1n) is 10.4. The van der Waals surface area contributed by atoms with Crippen molar-refractivity contribution in [2.75, 3.05) is 29.5 Å². The fourth-order valence-corrected chi connectivity index (χ4v) is 4.76. The molecule has 180 valence electrons. The molecule has 4 rings (SSSR count). The van der Waals surface area contributed by atoms with Gasteiger partial charge < -0.3 is 9.32 Å². The lowest BCUT2D eigenvalue weighted by molar-refractivity contribution is 0.116. The molecule has 1 aromatic heterocycles. The van der Waals surface area contributed by atoms with Crippen molar-refractivity contribution in [3.63, 3.8) is 0 Å². The van der Waals surface area contributed by atoms with Crippen molar-refractivity contribution in [2.24, 2.45) is 0 Å². The van der Waals surface area contributed by atoms with Crippen molar-refractivity contribution in [1.29, 1.82) is 0 Å². The van der Waals surface area contributed by atoms with Crippen molar-refractivity contribution < 1.29 is 30.8 Å². The SMILES string of the molecule is Cc1cccc(N(Cc2ccc(-c3nnc(C(F)F)o3)cc2F)C(=O)N2CCS(=O)(=O)CC2)c1. The third kappa shape index (κ3) is 5.22. The van der Waals surface area contributed by atoms with Gasteiger partial charge in [0.2, 0.25) is 5.89 Å². The molecule has 0 radical (unpaired) electrons. The van der Waals surface area contributed by atoms with Gasteiger partial charge in [-0.25, -0.2) is 17.6 Å². The second kappa shape index (κ2) is 9.45. The average Bonchev–Trinajstić information content (AvgIpc) is 3.29. The van der Waals surface area contributed by atoms with Crippen LogP contribution in [0.25, 0.3) is 11.5 Å². The van der Waals surface area contributed by atoms with Crippen LogP contribution in [-0.4, -0.2) is 54.1 Å². The number of halogens is 3. The number of alkyl halides is 2. The van der Waals surface area contributed by atoms with E-state index >= 15 is 0 Å². The first-order valence-corrected chi connectivity index (χ1v) is 12.2. The zero-order valence-corrected chi connectivity index (χ0v) is 18.9. The number of amides is 2. The quantitative estimate of drug-likeness (QED) is 0.532. The van der Waals surface area contributed by atoms with Crippen LogP contribution in [-0.2, 0) is 16.4 Å².